The summed E-state index contributed by atoms with van der Waals surface area (Å²) in [5.41, 5.74) is 1.05. The second kappa shape index (κ2) is 5.02. The minimum atomic E-state index is 0.540. The van der Waals surface area contributed by atoms with Crippen LogP contribution in [-0.4, -0.2) is 36.6 Å². The van der Waals surface area contributed by atoms with Crippen LogP contribution in [0.25, 0.3) is 0 Å². The van der Waals surface area contributed by atoms with E-state index in [1.807, 2.05) is 12.1 Å². The van der Waals surface area contributed by atoms with Crippen LogP contribution in [0.3, 0.4) is 0 Å². The first kappa shape index (κ1) is 11.7. The Hall–Kier alpha value is -0.800. The molecule has 16 heavy (non-hydrogen) atoms. The van der Waals surface area contributed by atoms with E-state index in [1.165, 1.54) is 12.8 Å². The van der Waals surface area contributed by atoms with Gasteiger partial charge in [0.25, 0.3) is 0 Å². The average Bonchev–Trinajstić information content (AvgIpc) is 3.02. The van der Waals surface area contributed by atoms with Gasteiger partial charge < -0.3 is 10.2 Å². The smallest absolute Gasteiger partial charge is 0.131 e. The van der Waals surface area contributed by atoms with Crippen molar-refractivity contribution in [3.05, 3.63) is 23.5 Å². The molecule has 1 unspecified atom stereocenters. The van der Waals surface area contributed by atoms with Crippen LogP contribution in [0, 0.1) is 5.92 Å². The maximum absolute atomic E-state index is 5.84. The predicted octanol–water partition coefficient (Wildman–Crippen LogP) is 2.49. The Bertz CT molecular complexity index is 348. The van der Waals surface area contributed by atoms with Gasteiger partial charge in [-0.25, -0.2) is 4.98 Å². The molecule has 0 aliphatic heterocycles. The molecule has 0 amide bonds. The van der Waals surface area contributed by atoms with E-state index in [0.717, 1.165) is 18.2 Å². The van der Waals surface area contributed by atoms with Crippen LogP contribution in [0.4, 0.5) is 5.69 Å². The predicted molar refractivity (Wildman–Crippen MR) is 67.9 cm³/mol. The van der Waals surface area contributed by atoms with Crippen molar-refractivity contribution < 1.29 is 0 Å². The molecule has 1 saturated carbocycles. The van der Waals surface area contributed by atoms with Gasteiger partial charge in [0.2, 0.25) is 0 Å². The van der Waals surface area contributed by atoms with Crippen molar-refractivity contribution in [3.63, 3.8) is 0 Å². The Morgan fingerprint density at radius 3 is 2.88 bits per heavy atom. The number of rotatable bonds is 5. The molecule has 1 fully saturated rings. The molecule has 1 aliphatic carbocycles. The molecule has 0 radical (unpaired) electrons. The Morgan fingerprint density at radius 2 is 2.31 bits per heavy atom. The summed E-state index contributed by atoms with van der Waals surface area (Å²) in [6, 6.07) is 4.43. The monoisotopic (exact) mass is 239 g/mol. The van der Waals surface area contributed by atoms with Crippen molar-refractivity contribution in [2.75, 3.05) is 26.0 Å². The maximum atomic E-state index is 5.84. The number of halogens is 1. The van der Waals surface area contributed by atoms with Crippen molar-refractivity contribution in [2.24, 2.45) is 5.92 Å². The van der Waals surface area contributed by atoms with Gasteiger partial charge in [-0.15, -0.1) is 0 Å². The van der Waals surface area contributed by atoms with Gasteiger partial charge in [-0.2, -0.15) is 0 Å². The zero-order valence-electron chi connectivity index (χ0n) is 9.78. The fourth-order valence-electron chi connectivity index (χ4n) is 1.99. The number of likely N-dealkylation sites (N-methyl/N-ethyl adjacent to an activating group) is 1. The fourth-order valence-corrected chi connectivity index (χ4v) is 2.16. The molecule has 3 nitrogen and oxygen atoms in total. The summed E-state index contributed by atoms with van der Waals surface area (Å²) in [6.45, 7) is 0.970. The van der Waals surface area contributed by atoms with Crippen molar-refractivity contribution in [2.45, 2.75) is 18.9 Å². The van der Waals surface area contributed by atoms with Gasteiger partial charge in [-0.1, -0.05) is 11.6 Å². The molecule has 0 saturated heterocycles. The van der Waals surface area contributed by atoms with Crippen molar-refractivity contribution in [1.82, 2.24) is 9.88 Å². The lowest BCUT2D eigenvalue weighted by atomic mass is 10.1. The molecule has 1 heterocycles. The van der Waals surface area contributed by atoms with E-state index in [9.17, 15) is 0 Å². The first-order valence-electron chi connectivity index (χ1n) is 5.68. The van der Waals surface area contributed by atoms with Crippen LogP contribution in [0.2, 0.25) is 5.15 Å². The summed E-state index contributed by atoms with van der Waals surface area (Å²) >= 11 is 5.84. The maximum Gasteiger partial charge on any atom is 0.131 e. The van der Waals surface area contributed by atoms with Crippen molar-refractivity contribution in [1.29, 1.82) is 0 Å². The molecule has 2 rings (SSSR count). The number of nitrogens with zero attached hydrogens (tertiary/aromatic N) is 2. The molecule has 1 atom stereocenters. The Balaban J connectivity index is 1.90. The van der Waals surface area contributed by atoms with Crippen LogP contribution in [0.15, 0.2) is 18.3 Å². The Morgan fingerprint density at radius 1 is 1.56 bits per heavy atom. The number of hydrogen-bond acceptors (Lipinski definition) is 3. The third-order valence-electron chi connectivity index (χ3n) is 3.07. The second-order valence-electron chi connectivity index (χ2n) is 4.62. The van der Waals surface area contributed by atoms with Gasteiger partial charge in [-0.05, 0) is 45.0 Å². The van der Waals surface area contributed by atoms with E-state index < -0.39 is 0 Å². The Kier molecular flexibility index (Phi) is 3.66. The van der Waals surface area contributed by atoms with Gasteiger partial charge in [0, 0.05) is 24.5 Å². The number of aromatic nitrogens is 1. The quantitative estimate of drug-likeness (QED) is 0.801. The molecule has 4 heteroatoms. The van der Waals surface area contributed by atoms with Crippen molar-refractivity contribution >= 4 is 17.3 Å². The van der Waals surface area contributed by atoms with E-state index >= 15 is 0 Å². The van der Waals surface area contributed by atoms with Crippen molar-refractivity contribution in [3.8, 4) is 0 Å². The van der Waals surface area contributed by atoms with Crippen LogP contribution in [0.1, 0.15) is 12.8 Å². The summed E-state index contributed by atoms with van der Waals surface area (Å²) in [4.78, 5) is 6.26. The standard InChI is InChI=1S/C12H18ClN3/c1-16(2)11(9-3-4-9)8-15-10-5-6-14-12(13)7-10/h5-7,9,11H,3-4,8H2,1-2H3,(H,14,15). The highest BCUT2D eigenvalue weighted by molar-refractivity contribution is 6.29. The number of pyridine rings is 1. The molecule has 1 aliphatic rings. The van der Waals surface area contributed by atoms with Crippen LogP contribution >= 0.6 is 11.6 Å². The lowest BCUT2D eigenvalue weighted by molar-refractivity contribution is 0.276. The summed E-state index contributed by atoms with van der Waals surface area (Å²) in [5, 5.41) is 3.96. The van der Waals surface area contributed by atoms with E-state index in [1.54, 1.807) is 6.20 Å². The first-order chi connectivity index (χ1) is 7.66. The van der Waals surface area contributed by atoms with E-state index in [2.05, 4.69) is 29.3 Å². The molecular formula is C12H18ClN3. The highest BCUT2D eigenvalue weighted by Gasteiger charge is 2.32. The second-order valence-corrected chi connectivity index (χ2v) is 5.00. The van der Waals surface area contributed by atoms with E-state index in [-0.39, 0.29) is 0 Å². The molecule has 0 bridgehead atoms. The minimum Gasteiger partial charge on any atom is -0.383 e. The molecular weight excluding hydrogens is 222 g/mol. The van der Waals surface area contributed by atoms with Crippen LogP contribution in [0.5, 0.6) is 0 Å². The minimum absolute atomic E-state index is 0.540. The average molecular weight is 240 g/mol. The highest BCUT2D eigenvalue weighted by Crippen LogP contribution is 2.34. The SMILES string of the molecule is CN(C)C(CNc1ccnc(Cl)c1)C1CC1. The number of hydrogen-bond donors (Lipinski definition) is 1. The first-order valence-corrected chi connectivity index (χ1v) is 6.06. The third-order valence-corrected chi connectivity index (χ3v) is 3.28. The summed E-state index contributed by atoms with van der Waals surface area (Å²) < 4.78 is 0. The van der Waals surface area contributed by atoms with E-state index in [4.69, 9.17) is 11.6 Å². The third kappa shape index (κ3) is 3.09. The van der Waals surface area contributed by atoms with Crippen LogP contribution < -0.4 is 5.32 Å². The molecule has 1 aromatic rings. The largest absolute Gasteiger partial charge is 0.383 e. The zero-order chi connectivity index (χ0) is 11.5. The molecule has 88 valence electrons. The highest BCUT2D eigenvalue weighted by atomic mass is 35.5. The van der Waals surface area contributed by atoms with Gasteiger partial charge in [0.15, 0.2) is 0 Å². The molecule has 0 aromatic carbocycles. The lowest BCUT2D eigenvalue weighted by Crippen LogP contribution is -2.36. The van der Waals surface area contributed by atoms with Gasteiger partial charge in [-0.3, -0.25) is 0 Å². The molecule has 1 aromatic heterocycles. The topological polar surface area (TPSA) is 28.2 Å². The van der Waals surface area contributed by atoms with Gasteiger partial charge >= 0.3 is 0 Å². The van der Waals surface area contributed by atoms with Gasteiger partial charge in [0.05, 0.1) is 0 Å². The summed E-state index contributed by atoms with van der Waals surface area (Å²) in [7, 11) is 4.29. The molecule has 0 spiro atoms. The van der Waals surface area contributed by atoms with Crippen LogP contribution in [-0.2, 0) is 0 Å². The van der Waals surface area contributed by atoms with E-state index in [0.29, 0.717) is 11.2 Å². The number of anilines is 1. The normalized spacial score (nSPS) is 17.5. The lowest BCUT2D eigenvalue weighted by Gasteiger charge is -2.24. The fraction of sp³-hybridized carbons (Fsp3) is 0.583. The molecule has 1 N–H and O–H groups in total. The van der Waals surface area contributed by atoms with Gasteiger partial charge in [0.1, 0.15) is 5.15 Å². The Labute approximate surface area is 102 Å². The zero-order valence-corrected chi connectivity index (χ0v) is 10.5. The number of nitrogens with one attached hydrogen (secondary N) is 1. The summed E-state index contributed by atoms with van der Waals surface area (Å²) in [6.07, 6.45) is 4.45. The summed E-state index contributed by atoms with van der Waals surface area (Å²) in [5.74, 6) is 0.861.